The quantitative estimate of drug-likeness (QED) is 0.534. The van der Waals surface area contributed by atoms with Crippen LogP contribution in [-0.2, 0) is 10.3 Å². The molecule has 1 aliphatic rings. The summed E-state index contributed by atoms with van der Waals surface area (Å²) in [5.41, 5.74) is 3.57. The molecule has 2 atom stereocenters. The van der Waals surface area contributed by atoms with Crippen LogP contribution in [0.5, 0.6) is 5.88 Å². The lowest BCUT2D eigenvalue weighted by molar-refractivity contribution is -0.208. The summed E-state index contributed by atoms with van der Waals surface area (Å²) in [5, 5.41) is 2.48. The van der Waals surface area contributed by atoms with Gasteiger partial charge in [-0.15, -0.1) is 6.42 Å². The summed E-state index contributed by atoms with van der Waals surface area (Å²) in [6, 6.07) is 2.71. The van der Waals surface area contributed by atoms with Gasteiger partial charge in [-0.3, -0.25) is 4.79 Å². The van der Waals surface area contributed by atoms with Crippen LogP contribution in [0.1, 0.15) is 29.4 Å². The first kappa shape index (κ1) is 22.8. The van der Waals surface area contributed by atoms with Crippen molar-refractivity contribution in [2.45, 2.75) is 31.2 Å². The number of rotatable bonds is 5. The predicted molar refractivity (Wildman–Crippen MR) is 105 cm³/mol. The second-order valence-electron chi connectivity index (χ2n) is 6.96. The third kappa shape index (κ3) is 5.05. The van der Waals surface area contributed by atoms with Crippen LogP contribution < -0.4 is 15.8 Å². The lowest BCUT2D eigenvalue weighted by Crippen LogP contribution is -2.46. The van der Waals surface area contributed by atoms with Gasteiger partial charge >= 0.3 is 6.18 Å². The summed E-state index contributed by atoms with van der Waals surface area (Å²) >= 11 is 0. The van der Waals surface area contributed by atoms with Gasteiger partial charge in [0.25, 0.3) is 11.9 Å². The van der Waals surface area contributed by atoms with Gasteiger partial charge in [-0.1, -0.05) is 5.92 Å². The number of carbonyl (C=O) groups excluding carboxylic acids is 1. The Balaban J connectivity index is 1.83. The summed E-state index contributed by atoms with van der Waals surface area (Å²) in [6.07, 6.45) is -0.269. The highest BCUT2D eigenvalue weighted by molar-refractivity contribution is 6.02. The van der Waals surface area contributed by atoms with Crippen LogP contribution in [0.25, 0.3) is 0 Å². The standard InChI is InChI=1S/C20H17F4N5O3/c1-3-6-31-16-10-26-14(9-27-16)17(30)28-11-4-5-13(21)12(7-11)19(2)8-15(20(22,23)24)32-18(25)29-19/h1,4-5,7,9-10,15H,6,8H2,2H3,(H2,25,29)(H,28,30). The Morgan fingerprint density at radius 2 is 2.16 bits per heavy atom. The molecule has 12 heteroatoms. The molecule has 3 N–H and O–H groups in total. The number of aromatic nitrogens is 2. The summed E-state index contributed by atoms with van der Waals surface area (Å²) in [6.45, 7) is 1.27. The molecule has 0 bridgehead atoms. The molecule has 1 aromatic carbocycles. The Bertz CT molecular complexity index is 1080. The number of amidine groups is 1. The van der Waals surface area contributed by atoms with Gasteiger partial charge in [0.2, 0.25) is 5.88 Å². The molecule has 0 spiro atoms. The fraction of sp³-hybridized carbons (Fsp3) is 0.300. The van der Waals surface area contributed by atoms with Crippen LogP contribution in [0.2, 0.25) is 0 Å². The van der Waals surface area contributed by atoms with E-state index in [0.717, 1.165) is 12.3 Å². The first-order valence-corrected chi connectivity index (χ1v) is 9.10. The molecule has 1 aromatic heterocycles. The number of hydrogen-bond acceptors (Lipinski definition) is 7. The number of carbonyl (C=O) groups is 1. The predicted octanol–water partition coefficient (Wildman–Crippen LogP) is 2.76. The lowest BCUT2D eigenvalue weighted by Gasteiger charge is -2.36. The zero-order chi connectivity index (χ0) is 23.5. The highest BCUT2D eigenvalue weighted by atomic mass is 19.4. The molecule has 0 aliphatic carbocycles. The van der Waals surface area contributed by atoms with Gasteiger partial charge in [-0.05, 0) is 25.1 Å². The maximum atomic E-state index is 14.6. The second kappa shape index (κ2) is 8.70. The summed E-state index contributed by atoms with van der Waals surface area (Å²) in [7, 11) is 0. The lowest BCUT2D eigenvalue weighted by atomic mass is 9.85. The number of hydrogen-bond donors (Lipinski definition) is 2. The van der Waals surface area contributed by atoms with Crippen molar-refractivity contribution in [3.63, 3.8) is 0 Å². The molecule has 2 heterocycles. The highest BCUT2D eigenvalue weighted by Gasteiger charge is 2.50. The molecule has 8 nitrogen and oxygen atoms in total. The number of nitrogens with two attached hydrogens (primary N) is 1. The van der Waals surface area contributed by atoms with E-state index in [1.807, 2.05) is 0 Å². The van der Waals surface area contributed by atoms with Gasteiger partial charge < -0.3 is 20.5 Å². The Morgan fingerprint density at radius 3 is 2.78 bits per heavy atom. The monoisotopic (exact) mass is 451 g/mol. The fourth-order valence-corrected chi connectivity index (χ4v) is 3.05. The van der Waals surface area contributed by atoms with Gasteiger partial charge in [0.05, 0.1) is 17.9 Å². The number of anilines is 1. The summed E-state index contributed by atoms with van der Waals surface area (Å²) in [4.78, 5) is 24.1. The van der Waals surface area contributed by atoms with Crippen molar-refractivity contribution in [3.8, 4) is 18.2 Å². The van der Waals surface area contributed by atoms with Crippen LogP contribution in [0.15, 0.2) is 35.6 Å². The van der Waals surface area contributed by atoms with E-state index in [9.17, 15) is 22.4 Å². The summed E-state index contributed by atoms with van der Waals surface area (Å²) in [5.74, 6) is 0.861. The van der Waals surface area contributed by atoms with Gasteiger partial charge in [-0.25, -0.2) is 19.4 Å². The summed E-state index contributed by atoms with van der Waals surface area (Å²) < 4.78 is 63.8. The van der Waals surface area contributed by atoms with E-state index in [1.54, 1.807) is 0 Å². The van der Waals surface area contributed by atoms with Gasteiger partial charge in [0, 0.05) is 17.7 Å². The van der Waals surface area contributed by atoms with E-state index in [1.165, 1.54) is 25.3 Å². The molecule has 2 unspecified atom stereocenters. The number of aliphatic imine (C=N–C) groups is 1. The van der Waals surface area contributed by atoms with Crippen molar-refractivity contribution in [2.75, 3.05) is 11.9 Å². The van der Waals surface area contributed by atoms with Crippen molar-refractivity contribution in [2.24, 2.45) is 10.7 Å². The molecule has 0 fully saturated rings. The number of nitrogens with one attached hydrogen (secondary N) is 1. The number of amides is 1. The third-order valence-electron chi connectivity index (χ3n) is 4.54. The second-order valence-corrected chi connectivity index (χ2v) is 6.96. The van der Waals surface area contributed by atoms with Crippen LogP contribution in [0, 0.1) is 18.2 Å². The van der Waals surface area contributed by atoms with Crippen molar-refractivity contribution in [3.05, 3.63) is 47.7 Å². The molecule has 0 radical (unpaired) electrons. The number of ether oxygens (including phenoxy) is 2. The highest BCUT2D eigenvalue weighted by Crippen LogP contribution is 2.41. The Morgan fingerprint density at radius 1 is 1.41 bits per heavy atom. The number of benzene rings is 1. The Kier molecular flexibility index (Phi) is 6.20. The maximum Gasteiger partial charge on any atom is 0.425 e. The Hall–Kier alpha value is -3.88. The first-order valence-electron chi connectivity index (χ1n) is 9.10. The molecule has 2 aromatic rings. The third-order valence-corrected chi connectivity index (χ3v) is 4.54. The topological polar surface area (TPSA) is 112 Å². The van der Waals surface area contributed by atoms with E-state index < -0.39 is 42.0 Å². The maximum absolute atomic E-state index is 14.6. The SMILES string of the molecule is C#CCOc1cnc(C(=O)Nc2ccc(F)c(C3(C)CC(C(F)(F)F)OC(N)=N3)c2)cn1. The molecule has 32 heavy (non-hydrogen) atoms. The van der Waals surface area contributed by atoms with Crippen molar-refractivity contribution in [1.29, 1.82) is 0 Å². The number of terminal acetylenes is 1. The minimum atomic E-state index is -4.72. The zero-order valence-corrected chi connectivity index (χ0v) is 16.6. The van der Waals surface area contributed by atoms with Gasteiger partial charge in [-0.2, -0.15) is 13.2 Å². The van der Waals surface area contributed by atoms with Crippen molar-refractivity contribution < 1.29 is 31.8 Å². The molecule has 0 saturated heterocycles. The smallest absolute Gasteiger partial charge is 0.425 e. The van der Waals surface area contributed by atoms with Crippen molar-refractivity contribution in [1.82, 2.24) is 9.97 Å². The molecule has 1 amide bonds. The average Bonchev–Trinajstić information content (AvgIpc) is 2.72. The molecule has 0 saturated carbocycles. The minimum Gasteiger partial charge on any atom is -0.463 e. The fourth-order valence-electron chi connectivity index (χ4n) is 3.05. The number of alkyl halides is 3. The minimum absolute atomic E-state index is 0.0232. The zero-order valence-electron chi connectivity index (χ0n) is 16.6. The van der Waals surface area contributed by atoms with Crippen LogP contribution in [0.4, 0.5) is 23.2 Å². The first-order chi connectivity index (χ1) is 15.0. The molecule has 168 valence electrons. The van der Waals surface area contributed by atoms with Gasteiger partial charge in [0.1, 0.15) is 11.5 Å². The van der Waals surface area contributed by atoms with E-state index >= 15 is 0 Å². The molecular weight excluding hydrogens is 434 g/mol. The number of halogens is 4. The Labute approximate surface area is 179 Å². The van der Waals surface area contributed by atoms with Crippen molar-refractivity contribution >= 4 is 17.6 Å². The number of nitrogens with zero attached hydrogens (tertiary/aromatic N) is 3. The average molecular weight is 451 g/mol. The van der Waals surface area contributed by atoms with E-state index in [-0.39, 0.29) is 29.4 Å². The van der Waals surface area contributed by atoms with E-state index in [2.05, 4.69) is 30.9 Å². The molecule has 1 aliphatic heterocycles. The van der Waals surface area contributed by atoms with E-state index in [4.69, 9.17) is 16.9 Å². The van der Waals surface area contributed by atoms with Crippen LogP contribution in [0.3, 0.4) is 0 Å². The van der Waals surface area contributed by atoms with Crippen LogP contribution >= 0.6 is 0 Å². The normalized spacial score (nSPS) is 20.5. The molecular formula is C20H17F4N5O3. The molecule has 3 rings (SSSR count). The van der Waals surface area contributed by atoms with Crippen LogP contribution in [-0.4, -0.2) is 40.8 Å². The van der Waals surface area contributed by atoms with E-state index in [0.29, 0.717) is 0 Å². The van der Waals surface area contributed by atoms with Gasteiger partial charge in [0.15, 0.2) is 12.7 Å². The largest absolute Gasteiger partial charge is 0.463 e.